The fourth-order valence-corrected chi connectivity index (χ4v) is 6.06. The van der Waals surface area contributed by atoms with E-state index in [4.69, 9.17) is 0 Å². The van der Waals surface area contributed by atoms with Gasteiger partial charge in [0, 0.05) is 23.1 Å². The van der Waals surface area contributed by atoms with E-state index in [1.54, 1.807) is 12.1 Å². The summed E-state index contributed by atoms with van der Waals surface area (Å²) in [7, 11) is -3.45. The van der Waals surface area contributed by atoms with Gasteiger partial charge in [0.15, 0.2) is 0 Å². The van der Waals surface area contributed by atoms with Gasteiger partial charge in [-0.15, -0.1) is 0 Å². The molecule has 0 spiro atoms. The molecule has 1 aliphatic carbocycles. The predicted molar refractivity (Wildman–Crippen MR) is 130 cm³/mol. The first-order valence-corrected chi connectivity index (χ1v) is 13.7. The minimum Gasteiger partial charge on any atom is -0.351 e. The van der Waals surface area contributed by atoms with Gasteiger partial charge in [-0.3, -0.25) is 9.10 Å². The maximum absolute atomic E-state index is 12.4. The maximum atomic E-state index is 12.4. The van der Waals surface area contributed by atoms with Crippen molar-refractivity contribution in [2.45, 2.75) is 51.3 Å². The van der Waals surface area contributed by atoms with Crippen molar-refractivity contribution >= 4 is 33.4 Å². The fraction of sp³-hybridized carbons (Fsp3) is 0.458. The topological polar surface area (TPSA) is 66.5 Å². The Balaban J connectivity index is 1.60. The van der Waals surface area contributed by atoms with E-state index in [0.29, 0.717) is 17.8 Å². The number of carbonyl (C=O) groups is 1. The number of sulfonamides is 1. The Morgan fingerprint density at radius 2 is 1.68 bits per heavy atom. The summed E-state index contributed by atoms with van der Waals surface area (Å²) in [6, 6.07) is 12.9. The Bertz CT molecular complexity index is 978. The van der Waals surface area contributed by atoms with Crippen LogP contribution in [0.25, 0.3) is 0 Å². The monoisotopic (exact) mass is 460 g/mol. The molecular weight excluding hydrogens is 428 g/mol. The third-order valence-corrected chi connectivity index (χ3v) is 8.00. The molecule has 0 bridgehead atoms. The van der Waals surface area contributed by atoms with E-state index < -0.39 is 10.0 Å². The standard InChI is InChI=1S/C24H32N2O3S2/c1-18-14-19(2)16-22(15-18)26(31(3,28)29)17-20-8-10-21(11-9-20)24(27)25-12-13-30-23-6-4-5-7-23/h8-11,14-16,23H,4-7,12-13,17H2,1-3H3,(H,25,27). The van der Waals surface area contributed by atoms with Crippen molar-refractivity contribution in [1.29, 1.82) is 0 Å². The molecule has 0 radical (unpaired) electrons. The van der Waals surface area contributed by atoms with E-state index >= 15 is 0 Å². The van der Waals surface area contributed by atoms with Crippen LogP contribution in [0.2, 0.25) is 0 Å². The molecule has 1 fully saturated rings. The molecule has 0 aliphatic heterocycles. The number of hydrogen-bond donors (Lipinski definition) is 1. The summed E-state index contributed by atoms with van der Waals surface area (Å²) >= 11 is 1.96. The minimum atomic E-state index is -3.45. The SMILES string of the molecule is Cc1cc(C)cc(N(Cc2ccc(C(=O)NCCSC3CCCC3)cc2)S(C)(=O)=O)c1. The van der Waals surface area contributed by atoms with Gasteiger partial charge in [0.25, 0.3) is 5.91 Å². The Morgan fingerprint density at radius 3 is 2.26 bits per heavy atom. The Kier molecular flexibility index (Phi) is 8.06. The highest BCUT2D eigenvalue weighted by molar-refractivity contribution is 7.99. The molecule has 1 aliphatic rings. The Morgan fingerprint density at radius 1 is 1.06 bits per heavy atom. The summed E-state index contributed by atoms with van der Waals surface area (Å²) < 4.78 is 26.3. The second-order valence-corrected chi connectivity index (χ2v) is 11.7. The zero-order chi connectivity index (χ0) is 22.4. The summed E-state index contributed by atoms with van der Waals surface area (Å²) in [5, 5.41) is 3.74. The van der Waals surface area contributed by atoms with Crippen LogP contribution in [0.3, 0.4) is 0 Å². The van der Waals surface area contributed by atoms with E-state index in [-0.39, 0.29) is 12.5 Å². The van der Waals surface area contributed by atoms with Crippen LogP contribution in [0.1, 0.15) is 52.7 Å². The largest absolute Gasteiger partial charge is 0.351 e. The zero-order valence-corrected chi connectivity index (χ0v) is 20.2. The third-order valence-electron chi connectivity index (χ3n) is 5.48. The number of rotatable bonds is 9. The second kappa shape index (κ2) is 10.6. The van der Waals surface area contributed by atoms with Crippen LogP contribution in [0.15, 0.2) is 42.5 Å². The third kappa shape index (κ3) is 7.01. The molecule has 0 aromatic heterocycles. The van der Waals surface area contributed by atoms with Gasteiger partial charge in [0.2, 0.25) is 10.0 Å². The van der Waals surface area contributed by atoms with E-state index in [1.165, 1.54) is 36.2 Å². The van der Waals surface area contributed by atoms with Gasteiger partial charge >= 0.3 is 0 Å². The first-order valence-electron chi connectivity index (χ1n) is 10.8. The Labute approximate surface area is 190 Å². The van der Waals surface area contributed by atoms with Crippen LogP contribution < -0.4 is 9.62 Å². The average Bonchev–Trinajstić information content (AvgIpc) is 3.21. The number of carbonyl (C=O) groups excluding carboxylic acids is 1. The van der Waals surface area contributed by atoms with Gasteiger partial charge in [-0.2, -0.15) is 11.8 Å². The van der Waals surface area contributed by atoms with Gasteiger partial charge in [-0.05, 0) is 67.6 Å². The lowest BCUT2D eigenvalue weighted by Gasteiger charge is -2.23. The van der Waals surface area contributed by atoms with E-state index in [0.717, 1.165) is 27.7 Å². The Hall–Kier alpha value is -1.99. The van der Waals surface area contributed by atoms with Crippen molar-refractivity contribution in [3.8, 4) is 0 Å². The van der Waals surface area contributed by atoms with Crippen LogP contribution >= 0.6 is 11.8 Å². The molecule has 0 heterocycles. The van der Waals surface area contributed by atoms with Crippen molar-refractivity contribution in [2.24, 2.45) is 0 Å². The van der Waals surface area contributed by atoms with Crippen LogP contribution in [-0.4, -0.2) is 38.1 Å². The van der Waals surface area contributed by atoms with Crippen LogP contribution in [0, 0.1) is 13.8 Å². The van der Waals surface area contributed by atoms with Crippen LogP contribution in [0.5, 0.6) is 0 Å². The van der Waals surface area contributed by atoms with Crippen LogP contribution in [0.4, 0.5) is 5.69 Å². The molecule has 0 atom stereocenters. The number of nitrogens with one attached hydrogen (secondary N) is 1. The van der Waals surface area contributed by atoms with Gasteiger partial charge in [0.05, 0.1) is 18.5 Å². The summed E-state index contributed by atoms with van der Waals surface area (Å²) in [6.07, 6.45) is 6.47. The second-order valence-electron chi connectivity index (χ2n) is 8.35. The van der Waals surface area contributed by atoms with Crippen molar-refractivity contribution in [1.82, 2.24) is 5.32 Å². The number of benzene rings is 2. The molecule has 1 saturated carbocycles. The number of anilines is 1. The molecule has 5 nitrogen and oxygen atoms in total. The predicted octanol–water partition coefficient (Wildman–Crippen LogP) is 4.68. The summed E-state index contributed by atoms with van der Waals surface area (Å²) in [5.41, 5.74) is 4.11. The zero-order valence-electron chi connectivity index (χ0n) is 18.6. The van der Waals surface area contributed by atoms with E-state index in [1.807, 2.05) is 55.9 Å². The average molecular weight is 461 g/mol. The van der Waals surface area contributed by atoms with E-state index in [2.05, 4.69) is 5.32 Å². The van der Waals surface area contributed by atoms with E-state index in [9.17, 15) is 13.2 Å². The van der Waals surface area contributed by atoms with Crippen molar-refractivity contribution in [3.05, 3.63) is 64.7 Å². The lowest BCUT2D eigenvalue weighted by Crippen LogP contribution is -2.29. The summed E-state index contributed by atoms with van der Waals surface area (Å²) in [5.74, 6) is 0.848. The molecule has 0 unspecified atom stereocenters. The van der Waals surface area contributed by atoms with Crippen molar-refractivity contribution in [3.63, 3.8) is 0 Å². The summed E-state index contributed by atoms with van der Waals surface area (Å²) in [4.78, 5) is 12.4. The fourth-order valence-electron chi connectivity index (χ4n) is 3.97. The molecule has 168 valence electrons. The highest BCUT2D eigenvalue weighted by Crippen LogP contribution is 2.29. The maximum Gasteiger partial charge on any atom is 0.251 e. The van der Waals surface area contributed by atoms with Crippen molar-refractivity contribution in [2.75, 3.05) is 22.9 Å². The normalized spacial score (nSPS) is 14.5. The first kappa shape index (κ1) is 23.7. The molecule has 3 rings (SSSR count). The van der Waals surface area contributed by atoms with Gasteiger partial charge < -0.3 is 5.32 Å². The molecule has 1 N–H and O–H groups in total. The van der Waals surface area contributed by atoms with Gasteiger partial charge in [0.1, 0.15) is 0 Å². The minimum absolute atomic E-state index is 0.0900. The lowest BCUT2D eigenvalue weighted by atomic mass is 10.1. The number of thioether (sulfide) groups is 1. The quantitative estimate of drug-likeness (QED) is 0.552. The summed E-state index contributed by atoms with van der Waals surface area (Å²) in [6.45, 7) is 4.80. The molecule has 0 saturated heterocycles. The highest BCUT2D eigenvalue weighted by atomic mass is 32.2. The molecule has 31 heavy (non-hydrogen) atoms. The molecule has 1 amide bonds. The first-order chi connectivity index (χ1) is 14.7. The number of amides is 1. The van der Waals surface area contributed by atoms with Gasteiger partial charge in [-0.25, -0.2) is 8.42 Å². The van der Waals surface area contributed by atoms with Crippen LogP contribution in [-0.2, 0) is 16.6 Å². The smallest absolute Gasteiger partial charge is 0.251 e. The molecule has 7 heteroatoms. The van der Waals surface area contributed by atoms with Gasteiger partial charge in [-0.1, -0.05) is 31.0 Å². The highest BCUT2D eigenvalue weighted by Gasteiger charge is 2.19. The number of aryl methyl sites for hydroxylation is 2. The lowest BCUT2D eigenvalue weighted by molar-refractivity contribution is 0.0956. The number of nitrogens with zero attached hydrogens (tertiary/aromatic N) is 1. The number of hydrogen-bond acceptors (Lipinski definition) is 4. The molecule has 2 aromatic rings. The molecular formula is C24H32N2O3S2. The van der Waals surface area contributed by atoms with Crippen molar-refractivity contribution < 1.29 is 13.2 Å². The molecule has 2 aromatic carbocycles.